The molecule has 5 heteroatoms. The van der Waals surface area contributed by atoms with Crippen LogP contribution < -0.4 is 5.32 Å². The van der Waals surface area contributed by atoms with Gasteiger partial charge in [-0.2, -0.15) is 0 Å². The highest BCUT2D eigenvalue weighted by atomic mass is 16.1. The third-order valence-electron chi connectivity index (χ3n) is 5.76. The lowest BCUT2D eigenvalue weighted by molar-refractivity contribution is 0.0949. The number of imidazole rings is 1. The van der Waals surface area contributed by atoms with Crippen molar-refractivity contribution in [1.29, 1.82) is 0 Å². The van der Waals surface area contributed by atoms with Crippen LogP contribution in [0.4, 0.5) is 0 Å². The molecule has 146 valence electrons. The predicted octanol–water partition coefficient (Wildman–Crippen LogP) is 4.22. The summed E-state index contributed by atoms with van der Waals surface area (Å²) >= 11 is 0. The molecule has 4 aromatic rings. The van der Waals surface area contributed by atoms with Crippen molar-refractivity contribution in [2.24, 2.45) is 0 Å². The second kappa shape index (κ2) is 7.59. The first-order chi connectivity index (χ1) is 14.3. The average Bonchev–Trinajstić information content (AvgIpc) is 3.36. The van der Waals surface area contributed by atoms with Gasteiger partial charge >= 0.3 is 0 Å². The van der Waals surface area contributed by atoms with Crippen LogP contribution in [0, 0.1) is 0 Å². The number of aryl methyl sites for hydroxylation is 2. The van der Waals surface area contributed by atoms with Gasteiger partial charge in [0.2, 0.25) is 0 Å². The molecule has 2 aromatic heterocycles. The first kappa shape index (κ1) is 17.7. The minimum atomic E-state index is -0.0630. The van der Waals surface area contributed by atoms with Gasteiger partial charge in [0, 0.05) is 41.1 Å². The maximum absolute atomic E-state index is 12.8. The van der Waals surface area contributed by atoms with Crippen LogP contribution in [0.3, 0.4) is 0 Å². The number of amides is 1. The van der Waals surface area contributed by atoms with E-state index in [9.17, 15) is 4.79 Å². The average molecular weight is 384 g/mol. The Hall–Kier alpha value is -3.34. The Balaban J connectivity index is 1.31. The van der Waals surface area contributed by atoms with E-state index in [1.807, 2.05) is 42.6 Å². The van der Waals surface area contributed by atoms with E-state index in [1.54, 1.807) is 6.20 Å². The van der Waals surface area contributed by atoms with Crippen LogP contribution >= 0.6 is 0 Å². The molecule has 1 aliphatic carbocycles. The van der Waals surface area contributed by atoms with Crippen molar-refractivity contribution in [3.05, 3.63) is 89.1 Å². The summed E-state index contributed by atoms with van der Waals surface area (Å²) in [6.07, 6.45) is 8.39. The van der Waals surface area contributed by atoms with Gasteiger partial charge in [0.1, 0.15) is 5.82 Å². The van der Waals surface area contributed by atoms with E-state index in [-0.39, 0.29) is 5.91 Å². The van der Waals surface area contributed by atoms with Crippen LogP contribution in [-0.2, 0) is 25.9 Å². The van der Waals surface area contributed by atoms with Crippen molar-refractivity contribution in [1.82, 2.24) is 19.9 Å². The fourth-order valence-corrected chi connectivity index (χ4v) is 4.24. The Kier molecular flexibility index (Phi) is 4.64. The maximum Gasteiger partial charge on any atom is 0.251 e. The van der Waals surface area contributed by atoms with Gasteiger partial charge in [-0.05, 0) is 55.0 Å². The minimum absolute atomic E-state index is 0.0630. The topological polar surface area (TPSA) is 62.7 Å². The Morgan fingerprint density at radius 2 is 1.97 bits per heavy atom. The third-order valence-corrected chi connectivity index (χ3v) is 5.76. The molecule has 0 atom stereocenters. The number of nitrogens with one attached hydrogen (secondary N) is 2. The first-order valence-corrected chi connectivity index (χ1v) is 10.2. The molecule has 0 spiro atoms. The fraction of sp³-hybridized carbons (Fsp3) is 0.250. The van der Waals surface area contributed by atoms with Gasteiger partial charge in [0.05, 0.1) is 6.54 Å². The zero-order valence-electron chi connectivity index (χ0n) is 16.3. The van der Waals surface area contributed by atoms with Gasteiger partial charge < -0.3 is 14.9 Å². The molecule has 2 aromatic carbocycles. The van der Waals surface area contributed by atoms with Gasteiger partial charge in [-0.3, -0.25) is 4.79 Å². The highest BCUT2D eigenvalue weighted by molar-refractivity contribution is 5.99. The van der Waals surface area contributed by atoms with Crippen molar-refractivity contribution in [3.63, 3.8) is 0 Å². The highest BCUT2D eigenvalue weighted by Gasteiger charge is 2.17. The van der Waals surface area contributed by atoms with Crippen LogP contribution in [0.5, 0.6) is 0 Å². The number of aromatic amines is 1. The molecule has 1 amide bonds. The number of hydrogen-bond acceptors (Lipinski definition) is 2. The normalized spacial score (nSPS) is 13.4. The number of carbonyl (C=O) groups is 1. The summed E-state index contributed by atoms with van der Waals surface area (Å²) in [5.74, 6) is 0.786. The van der Waals surface area contributed by atoms with Crippen LogP contribution in [0.2, 0.25) is 0 Å². The third kappa shape index (κ3) is 3.56. The number of aromatic nitrogens is 3. The highest BCUT2D eigenvalue weighted by Crippen LogP contribution is 2.29. The van der Waals surface area contributed by atoms with Gasteiger partial charge in [-0.25, -0.2) is 4.98 Å². The lowest BCUT2D eigenvalue weighted by atomic mass is 9.95. The molecule has 0 saturated heterocycles. The van der Waals surface area contributed by atoms with E-state index < -0.39 is 0 Å². The van der Waals surface area contributed by atoms with Crippen molar-refractivity contribution < 1.29 is 4.79 Å². The van der Waals surface area contributed by atoms with Gasteiger partial charge in [0.25, 0.3) is 5.91 Å². The summed E-state index contributed by atoms with van der Waals surface area (Å²) in [4.78, 5) is 20.7. The monoisotopic (exact) mass is 384 g/mol. The Morgan fingerprint density at radius 3 is 2.86 bits per heavy atom. The lowest BCUT2D eigenvalue weighted by Crippen LogP contribution is -2.24. The van der Waals surface area contributed by atoms with Crippen molar-refractivity contribution in [2.45, 2.75) is 38.8 Å². The van der Waals surface area contributed by atoms with Crippen LogP contribution in [0.1, 0.15) is 45.8 Å². The molecule has 5 nitrogen and oxygen atoms in total. The van der Waals surface area contributed by atoms with Gasteiger partial charge in [-0.1, -0.05) is 30.3 Å². The Bertz CT molecular complexity index is 1160. The van der Waals surface area contributed by atoms with E-state index in [0.717, 1.165) is 30.7 Å². The Morgan fingerprint density at radius 1 is 1.10 bits per heavy atom. The van der Waals surface area contributed by atoms with Crippen molar-refractivity contribution >= 4 is 16.8 Å². The summed E-state index contributed by atoms with van der Waals surface area (Å²) in [5, 5.41) is 4.22. The smallest absolute Gasteiger partial charge is 0.251 e. The lowest BCUT2D eigenvalue weighted by Gasteiger charge is -2.11. The second-order valence-corrected chi connectivity index (χ2v) is 7.69. The number of benzene rings is 2. The standard InChI is InChI=1S/C24H24N4O/c29-24(18-10-11-22-20(14-18)19-8-4-5-9-21(19)27-22)26-15-23-25-12-13-28(23)16-17-6-2-1-3-7-17/h1-3,6-7,10-14,27H,4-5,8-9,15-16H2,(H,26,29). The summed E-state index contributed by atoms with van der Waals surface area (Å²) in [6, 6.07) is 16.2. The number of rotatable bonds is 5. The molecular weight excluding hydrogens is 360 g/mol. The van der Waals surface area contributed by atoms with Crippen LogP contribution in [0.25, 0.3) is 10.9 Å². The Labute approximate surface area is 169 Å². The van der Waals surface area contributed by atoms with Crippen molar-refractivity contribution in [2.75, 3.05) is 0 Å². The van der Waals surface area contributed by atoms with E-state index in [1.165, 1.54) is 35.0 Å². The van der Waals surface area contributed by atoms with E-state index in [2.05, 4.69) is 32.0 Å². The molecule has 29 heavy (non-hydrogen) atoms. The van der Waals surface area contributed by atoms with E-state index in [0.29, 0.717) is 12.1 Å². The maximum atomic E-state index is 12.8. The largest absolute Gasteiger partial charge is 0.358 e. The van der Waals surface area contributed by atoms with Crippen LogP contribution in [-0.4, -0.2) is 20.4 Å². The van der Waals surface area contributed by atoms with Gasteiger partial charge in [-0.15, -0.1) is 0 Å². The second-order valence-electron chi connectivity index (χ2n) is 7.69. The zero-order chi connectivity index (χ0) is 19.6. The SMILES string of the molecule is O=C(NCc1nccn1Cc1ccccc1)c1ccc2[nH]c3c(c2c1)CCCC3. The molecule has 0 unspecified atom stereocenters. The van der Waals surface area contributed by atoms with Crippen LogP contribution in [0.15, 0.2) is 60.9 Å². The molecule has 0 radical (unpaired) electrons. The fourth-order valence-electron chi connectivity index (χ4n) is 4.24. The van der Waals surface area contributed by atoms with Gasteiger partial charge in [0.15, 0.2) is 0 Å². The number of H-pyrrole nitrogens is 1. The molecule has 5 rings (SSSR count). The molecule has 2 heterocycles. The molecule has 2 N–H and O–H groups in total. The van der Waals surface area contributed by atoms with Crippen molar-refractivity contribution in [3.8, 4) is 0 Å². The zero-order valence-corrected chi connectivity index (χ0v) is 16.3. The molecule has 0 bridgehead atoms. The molecular formula is C24H24N4O. The molecule has 0 saturated carbocycles. The molecule has 0 aliphatic heterocycles. The summed E-state index contributed by atoms with van der Waals surface area (Å²) < 4.78 is 2.07. The van der Waals surface area contributed by atoms with E-state index >= 15 is 0 Å². The number of carbonyl (C=O) groups excluding carboxylic acids is 1. The molecule has 0 fully saturated rings. The first-order valence-electron chi connectivity index (χ1n) is 10.2. The number of hydrogen-bond donors (Lipinski definition) is 2. The predicted molar refractivity (Wildman–Crippen MR) is 114 cm³/mol. The number of nitrogens with zero attached hydrogens (tertiary/aromatic N) is 2. The van der Waals surface area contributed by atoms with E-state index in [4.69, 9.17) is 0 Å². The molecule has 1 aliphatic rings. The minimum Gasteiger partial charge on any atom is -0.358 e. The summed E-state index contributed by atoms with van der Waals surface area (Å²) in [6.45, 7) is 1.15. The summed E-state index contributed by atoms with van der Waals surface area (Å²) in [5.41, 5.74) is 5.77. The number of fused-ring (bicyclic) bond motifs is 3. The quantitative estimate of drug-likeness (QED) is 0.541. The summed E-state index contributed by atoms with van der Waals surface area (Å²) in [7, 11) is 0.